The highest BCUT2D eigenvalue weighted by Gasteiger charge is 2.27. The van der Waals surface area contributed by atoms with Crippen molar-refractivity contribution in [2.24, 2.45) is 0 Å². The van der Waals surface area contributed by atoms with Gasteiger partial charge in [-0.05, 0) is 50.1 Å². The van der Waals surface area contributed by atoms with Gasteiger partial charge in [0.2, 0.25) is 0 Å². The molecule has 0 atom stereocenters. The molecule has 0 bridgehead atoms. The van der Waals surface area contributed by atoms with Crippen molar-refractivity contribution in [2.45, 2.75) is 25.7 Å². The average molecular weight is 408 g/mol. The van der Waals surface area contributed by atoms with Gasteiger partial charge in [0.25, 0.3) is 5.91 Å². The molecule has 1 amide bonds. The number of aldehydes is 1. The molecule has 0 unspecified atom stereocenters. The Morgan fingerprint density at radius 3 is 2.70 bits per heavy atom. The highest BCUT2D eigenvalue weighted by molar-refractivity contribution is 5.79. The first-order valence-electron chi connectivity index (χ1n) is 10.2. The number of oxazole rings is 1. The van der Waals surface area contributed by atoms with Gasteiger partial charge in [0.15, 0.2) is 29.6 Å². The van der Waals surface area contributed by atoms with E-state index in [0.717, 1.165) is 36.1 Å². The fourth-order valence-corrected chi connectivity index (χ4v) is 3.66. The summed E-state index contributed by atoms with van der Waals surface area (Å²) in [5.41, 5.74) is 2.16. The number of ether oxygens (including phenoxy) is 2. The first kappa shape index (κ1) is 19.9. The first-order valence-corrected chi connectivity index (χ1v) is 10.2. The molecule has 0 N–H and O–H groups in total. The van der Waals surface area contributed by atoms with E-state index in [4.69, 9.17) is 13.9 Å². The molecule has 4 rings (SSSR count). The first-order chi connectivity index (χ1) is 14.7. The number of hydrogen-bond acceptors (Lipinski definition) is 6. The Morgan fingerprint density at radius 1 is 1.17 bits per heavy atom. The van der Waals surface area contributed by atoms with E-state index in [9.17, 15) is 9.59 Å². The third-order valence-electron chi connectivity index (χ3n) is 5.26. The number of rotatable bonds is 7. The third-order valence-corrected chi connectivity index (χ3v) is 5.26. The number of carbonyl (C=O) groups excluding carboxylic acids is 2. The van der Waals surface area contributed by atoms with Gasteiger partial charge in [-0.25, -0.2) is 4.98 Å². The minimum absolute atomic E-state index is 0.0753. The number of para-hydroxylation sites is 2. The van der Waals surface area contributed by atoms with E-state index in [1.165, 1.54) is 0 Å². The monoisotopic (exact) mass is 408 g/mol. The Hall–Kier alpha value is -3.35. The summed E-state index contributed by atoms with van der Waals surface area (Å²) >= 11 is 0. The van der Waals surface area contributed by atoms with Gasteiger partial charge < -0.3 is 18.8 Å². The molecular formula is C23H24N2O5. The summed E-state index contributed by atoms with van der Waals surface area (Å²) in [5.74, 6) is 1.80. The van der Waals surface area contributed by atoms with Crippen molar-refractivity contribution in [3.63, 3.8) is 0 Å². The van der Waals surface area contributed by atoms with Gasteiger partial charge in [0, 0.05) is 24.6 Å². The van der Waals surface area contributed by atoms with Gasteiger partial charge in [-0.1, -0.05) is 12.1 Å². The Balaban J connectivity index is 1.33. The van der Waals surface area contributed by atoms with Crippen LogP contribution in [0.2, 0.25) is 0 Å². The van der Waals surface area contributed by atoms with Crippen molar-refractivity contribution in [3.05, 3.63) is 53.9 Å². The van der Waals surface area contributed by atoms with Crippen LogP contribution in [0.15, 0.2) is 46.9 Å². The molecule has 2 aromatic carbocycles. The second-order valence-electron chi connectivity index (χ2n) is 7.22. The fourth-order valence-electron chi connectivity index (χ4n) is 3.66. The molecule has 0 radical (unpaired) electrons. The van der Waals surface area contributed by atoms with Crippen LogP contribution in [0.25, 0.3) is 11.1 Å². The number of benzene rings is 2. The number of amides is 1. The predicted octanol–water partition coefficient (Wildman–Crippen LogP) is 3.82. The second-order valence-corrected chi connectivity index (χ2v) is 7.22. The van der Waals surface area contributed by atoms with Crippen LogP contribution in [0, 0.1) is 0 Å². The summed E-state index contributed by atoms with van der Waals surface area (Å²) in [7, 11) is 0. The minimum Gasteiger partial charge on any atom is -0.490 e. The zero-order chi connectivity index (χ0) is 20.9. The number of nitrogens with zero attached hydrogens (tertiary/aromatic N) is 2. The van der Waals surface area contributed by atoms with Crippen molar-refractivity contribution >= 4 is 23.3 Å². The van der Waals surface area contributed by atoms with Gasteiger partial charge in [-0.2, -0.15) is 0 Å². The minimum atomic E-state index is -0.0760. The van der Waals surface area contributed by atoms with Crippen LogP contribution < -0.4 is 9.47 Å². The summed E-state index contributed by atoms with van der Waals surface area (Å²) < 4.78 is 17.1. The van der Waals surface area contributed by atoms with Crippen molar-refractivity contribution in [1.29, 1.82) is 0 Å². The molecule has 0 aliphatic carbocycles. The lowest BCUT2D eigenvalue weighted by atomic mass is 9.97. The molecular weight excluding hydrogens is 384 g/mol. The molecule has 7 nitrogen and oxygen atoms in total. The SMILES string of the molecule is CCOc1cc(C=O)ccc1OCC(=O)N1CCC(c2nc3ccccc3o2)CC1. The molecule has 7 heteroatoms. The lowest BCUT2D eigenvalue weighted by Gasteiger charge is -2.30. The summed E-state index contributed by atoms with van der Waals surface area (Å²) in [6.07, 6.45) is 2.35. The van der Waals surface area contributed by atoms with Gasteiger partial charge in [-0.3, -0.25) is 9.59 Å². The zero-order valence-electron chi connectivity index (χ0n) is 16.9. The van der Waals surface area contributed by atoms with Crippen LogP contribution in [-0.4, -0.2) is 48.4 Å². The molecule has 0 spiro atoms. The Morgan fingerprint density at radius 2 is 1.97 bits per heavy atom. The topological polar surface area (TPSA) is 81.9 Å². The predicted molar refractivity (Wildman–Crippen MR) is 111 cm³/mol. The number of aromatic nitrogens is 1. The van der Waals surface area contributed by atoms with Crippen LogP contribution in [0.1, 0.15) is 41.9 Å². The summed E-state index contributed by atoms with van der Waals surface area (Å²) in [4.78, 5) is 30.0. The van der Waals surface area contributed by atoms with E-state index < -0.39 is 0 Å². The van der Waals surface area contributed by atoms with Crippen LogP contribution in [0.3, 0.4) is 0 Å². The Bertz CT molecular complexity index is 1000. The van der Waals surface area contributed by atoms with Gasteiger partial charge >= 0.3 is 0 Å². The van der Waals surface area contributed by atoms with Crippen molar-refractivity contribution < 1.29 is 23.5 Å². The Labute approximate surface area is 174 Å². The van der Waals surface area contributed by atoms with Gasteiger partial charge in [-0.15, -0.1) is 0 Å². The van der Waals surface area contributed by atoms with E-state index in [0.29, 0.717) is 36.8 Å². The highest BCUT2D eigenvalue weighted by atomic mass is 16.5. The molecule has 1 fully saturated rings. The number of hydrogen-bond donors (Lipinski definition) is 0. The van der Waals surface area contributed by atoms with Crippen LogP contribution in [-0.2, 0) is 4.79 Å². The smallest absolute Gasteiger partial charge is 0.260 e. The molecule has 1 aliphatic rings. The molecule has 30 heavy (non-hydrogen) atoms. The maximum absolute atomic E-state index is 12.6. The average Bonchev–Trinajstić information content (AvgIpc) is 3.22. The molecule has 1 aliphatic heterocycles. The van der Waals surface area contributed by atoms with E-state index in [2.05, 4.69) is 4.98 Å². The lowest BCUT2D eigenvalue weighted by Crippen LogP contribution is -2.40. The maximum atomic E-state index is 12.6. The normalized spacial score (nSPS) is 14.6. The molecule has 2 heterocycles. The second kappa shape index (κ2) is 8.98. The molecule has 1 aromatic heterocycles. The van der Waals surface area contributed by atoms with Crippen LogP contribution in [0.4, 0.5) is 0 Å². The van der Waals surface area contributed by atoms with E-state index in [1.807, 2.05) is 31.2 Å². The molecule has 1 saturated heterocycles. The molecule has 156 valence electrons. The van der Waals surface area contributed by atoms with E-state index in [1.54, 1.807) is 23.1 Å². The fraction of sp³-hybridized carbons (Fsp3) is 0.348. The number of fused-ring (bicyclic) bond motifs is 1. The van der Waals surface area contributed by atoms with Crippen LogP contribution >= 0.6 is 0 Å². The van der Waals surface area contributed by atoms with Crippen molar-refractivity contribution in [2.75, 3.05) is 26.3 Å². The summed E-state index contributed by atoms with van der Waals surface area (Å²) in [6.45, 7) is 3.48. The summed E-state index contributed by atoms with van der Waals surface area (Å²) in [5, 5.41) is 0. The number of piperidine rings is 1. The van der Waals surface area contributed by atoms with Crippen LogP contribution in [0.5, 0.6) is 11.5 Å². The molecule has 0 saturated carbocycles. The van der Waals surface area contributed by atoms with Gasteiger partial charge in [0.1, 0.15) is 11.8 Å². The van der Waals surface area contributed by atoms with E-state index in [-0.39, 0.29) is 18.4 Å². The van der Waals surface area contributed by atoms with Gasteiger partial charge in [0.05, 0.1) is 6.61 Å². The quantitative estimate of drug-likeness (QED) is 0.553. The zero-order valence-corrected chi connectivity index (χ0v) is 16.9. The van der Waals surface area contributed by atoms with Crippen molar-refractivity contribution in [3.8, 4) is 11.5 Å². The summed E-state index contributed by atoms with van der Waals surface area (Å²) in [6, 6.07) is 12.6. The standard InChI is InChI=1S/C23H24N2O5/c1-2-28-21-13-16(14-26)7-8-20(21)29-15-22(27)25-11-9-17(10-12-25)23-24-18-5-3-4-6-19(18)30-23/h3-8,13-14,17H,2,9-12,15H2,1H3. The highest BCUT2D eigenvalue weighted by Crippen LogP contribution is 2.31. The Kier molecular flexibility index (Phi) is 5.97. The molecule has 3 aromatic rings. The third kappa shape index (κ3) is 4.30. The number of likely N-dealkylation sites (tertiary alicyclic amines) is 1. The van der Waals surface area contributed by atoms with E-state index >= 15 is 0 Å². The number of carbonyl (C=O) groups is 2. The lowest BCUT2D eigenvalue weighted by molar-refractivity contribution is -0.134. The van der Waals surface area contributed by atoms with Crippen molar-refractivity contribution in [1.82, 2.24) is 9.88 Å². The largest absolute Gasteiger partial charge is 0.490 e. The maximum Gasteiger partial charge on any atom is 0.260 e.